The average molecular weight is 368 g/mol. The molecule has 1 aliphatic heterocycles. The molecule has 1 aliphatic rings. The quantitative estimate of drug-likeness (QED) is 0.335. The molecule has 0 bridgehead atoms. The zero-order chi connectivity index (χ0) is 19.4. The molecule has 0 atom stereocenters. The molecule has 3 rings (SSSR count). The largest absolute Gasteiger partial charge is 0.493 e. The van der Waals surface area contributed by atoms with E-state index in [-0.39, 0.29) is 23.0 Å². The van der Waals surface area contributed by atoms with Gasteiger partial charge in [-0.3, -0.25) is 10.1 Å². The van der Waals surface area contributed by atoms with Crippen molar-refractivity contribution in [3.63, 3.8) is 0 Å². The van der Waals surface area contributed by atoms with Gasteiger partial charge in [0.05, 0.1) is 18.6 Å². The van der Waals surface area contributed by atoms with Gasteiger partial charge in [-0.1, -0.05) is 18.2 Å². The predicted molar refractivity (Wildman–Crippen MR) is 97.9 cm³/mol. The molecule has 8 nitrogen and oxygen atoms in total. The number of carbonyl (C=O) groups excluding carboxylic acids is 1. The highest BCUT2D eigenvalue weighted by Gasteiger charge is 2.27. The van der Waals surface area contributed by atoms with Crippen molar-refractivity contribution >= 4 is 23.6 Å². The average Bonchev–Trinajstić information content (AvgIpc) is 3.03. The molecule has 0 aliphatic carbocycles. The molecular formula is C19H16N2O6. The zero-order valence-electron chi connectivity index (χ0n) is 14.7. The molecule has 0 amide bonds. The first-order chi connectivity index (χ1) is 13.0. The fraction of sp³-hybridized carbons (Fsp3) is 0.158. The van der Waals surface area contributed by atoms with E-state index >= 15 is 0 Å². The van der Waals surface area contributed by atoms with Crippen molar-refractivity contribution in [2.24, 2.45) is 4.99 Å². The summed E-state index contributed by atoms with van der Waals surface area (Å²) in [6, 6.07) is 11.4. The number of nitro groups is 1. The Balaban J connectivity index is 1.98. The number of benzene rings is 2. The van der Waals surface area contributed by atoms with Gasteiger partial charge >= 0.3 is 11.7 Å². The van der Waals surface area contributed by atoms with Crippen LogP contribution in [0.2, 0.25) is 0 Å². The van der Waals surface area contributed by atoms with Crippen LogP contribution in [-0.2, 0) is 9.53 Å². The van der Waals surface area contributed by atoms with E-state index in [1.54, 1.807) is 18.2 Å². The Bertz CT molecular complexity index is 964. The minimum Gasteiger partial charge on any atom is -0.493 e. The first-order valence-electron chi connectivity index (χ1n) is 8.10. The Morgan fingerprint density at radius 2 is 2.00 bits per heavy atom. The molecule has 0 fully saturated rings. The van der Waals surface area contributed by atoms with Crippen LogP contribution in [0.15, 0.2) is 53.2 Å². The minimum atomic E-state index is -0.644. The normalized spacial score (nSPS) is 14.7. The van der Waals surface area contributed by atoms with Crippen molar-refractivity contribution in [3.05, 3.63) is 69.4 Å². The second-order valence-corrected chi connectivity index (χ2v) is 5.45. The molecule has 0 saturated heterocycles. The molecule has 0 spiro atoms. The Kier molecular flexibility index (Phi) is 5.16. The Hall–Kier alpha value is -3.68. The maximum Gasteiger partial charge on any atom is 0.363 e. The highest BCUT2D eigenvalue weighted by atomic mass is 16.6. The van der Waals surface area contributed by atoms with Crippen molar-refractivity contribution in [1.29, 1.82) is 0 Å². The molecule has 8 heteroatoms. The minimum absolute atomic E-state index is 0.00843. The number of hydrogen-bond acceptors (Lipinski definition) is 7. The maximum atomic E-state index is 12.2. The number of ether oxygens (including phenoxy) is 3. The third-order valence-electron chi connectivity index (χ3n) is 3.75. The monoisotopic (exact) mass is 368 g/mol. The van der Waals surface area contributed by atoms with Crippen LogP contribution in [0.3, 0.4) is 0 Å². The van der Waals surface area contributed by atoms with E-state index in [1.807, 2.05) is 19.1 Å². The summed E-state index contributed by atoms with van der Waals surface area (Å²) in [4.78, 5) is 26.9. The summed E-state index contributed by atoms with van der Waals surface area (Å²) in [6.07, 6.45) is 1.55. The number of hydrogen-bond donors (Lipinski definition) is 0. The fourth-order valence-electron chi connectivity index (χ4n) is 2.53. The van der Waals surface area contributed by atoms with Gasteiger partial charge in [0.15, 0.2) is 11.4 Å². The summed E-state index contributed by atoms with van der Waals surface area (Å²) in [6.45, 7) is 2.34. The Labute approximate surface area is 154 Å². The Morgan fingerprint density at radius 3 is 2.70 bits per heavy atom. The molecule has 0 saturated carbocycles. The van der Waals surface area contributed by atoms with Crippen molar-refractivity contribution in [2.75, 3.05) is 13.7 Å². The SMILES string of the molecule is CCOc1ccccc1/C=C1\N=C(c2ccc(OC)c([N+](=O)[O-])c2)OC1=O. The molecule has 138 valence electrons. The van der Waals surface area contributed by atoms with Crippen LogP contribution in [0, 0.1) is 10.1 Å². The van der Waals surface area contributed by atoms with Crippen LogP contribution < -0.4 is 9.47 Å². The first-order valence-corrected chi connectivity index (χ1v) is 8.10. The maximum absolute atomic E-state index is 12.2. The Morgan fingerprint density at radius 1 is 1.22 bits per heavy atom. The lowest BCUT2D eigenvalue weighted by Gasteiger charge is -2.06. The van der Waals surface area contributed by atoms with Crippen LogP contribution in [-0.4, -0.2) is 30.5 Å². The van der Waals surface area contributed by atoms with Gasteiger partial charge in [0.1, 0.15) is 5.75 Å². The summed E-state index contributed by atoms with van der Waals surface area (Å²) in [7, 11) is 1.34. The molecule has 2 aromatic carbocycles. The molecule has 0 aromatic heterocycles. The number of esters is 1. The number of carbonyl (C=O) groups is 1. The lowest BCUT2D eigenvalue weighted by molar-refractivity contribution is -0.385. The summed E-state index contributed by atoms with van der Waals surface area (Å²) in [5.74, 6) is 0.0692. The molecular weight excluding hydrogens is 352 g/mol. The smallest absolute Gasteiger partial charge is 0.363 e. The van der Waals surface area contributed by atoms with E-state index in [2.05, 4.69) is 4.99 Å². The number of para-hydroxylation sites is 1. The first kappa shape index (κ1) is 18.1. The fourth-order valence-corrected chi connectivity index (χ4v) is 2.53. The van der Waals surface area contributed by atoms with Gasteiger partial charge in [-0.25, -0.2) is 9.79 Å². The van der Waals surface area contributed by atoms with Gasteiger partial charge in [0, 0.05) is 17.2 Å². The second kappa shape index (κ2) is 7.69. The number of cyclic esters (lactones) is 1. The number of nitrogens with zero attached hydrogens (tertiary/aromatic N) is 2. The van der Waals surface area contributed by atoms with Crippen molar-refractivity contribution in [1.82, 2.24) is 0 Å². The summed E-state index contributed by atoms with van der Waals surface area (Å²) in [5, 5.41) is 11.2. The lowest BCUT2D eigenvalue weighted by Crippen LogP contribution is -2.06. The number of methoxy groups -OCH3 is 1. The zero-order valence-corrected chi connectivity index (χ0v) is 14.7. The molecule has 27 heavy (non-hydrogen) atoms. The van der Waals surface area contributed by atoms with E-state index < -0.39 is 10.9 Å². The van der Waals surface area contributed by atoms with Crippen molar-refractivity contribution < 1.29 is 23.9 Å². The van der Waals surface area contributed by atoms with Gasteiger partial charge in [0.25, 0.3) is 0 Å². The van der Waals surface area contributed by atoms with Crippen molar-refractivity contribution in [3.8, 4) is 11.5 Å². The topological polar surface area (TPSA) is 100 Å². The second-order valence-electron chi connectivity index (χ2n) is 5.45. The highest BCUT2D eigenvalue weighted by Crippen LogP contribution is 2.30. The molecule has 2 aromatic rings. The molecule has 0 radical (unpaired) electrons. The van der Waals surface area contributed by atoms with E-state index in [0.29, 0.717) is 23.5 Å². The van der Waals surface area contributed by atoms with Gasteiger partial charge in [-0.05, 0) is 31.2 Å². The number of nitro benzene ring substituents is 1. The standard InChI is InChI=1S/C19H16N2O6/c1-3-26-16-7-5-4-6-12(16)10-14-19(22)27-18(20-14)13-8-9-17(25-2)15(11-13)21(23)24/h4-11H,3H2,1-2H3/b14-10-. The van der Waals surface area contributed by atoms with E-state index in [4.69, 9.17) is 14.2 Å². The third-order valence-corrected chi connectivity index (χ3v) is 3.75. The van der Waals surface area contributed by atoms with E-state index in [1.165, 1.54) is 25.3 Å². The predicted octanol–water partition coefficient (Wildman–Crippen LogP) is 3.35. The summed E-state index contributed by atoms with van der Waals surface area (Å²) in [5.41, 5.74) is 0.817. The van der Waals surface area contributed by atoms with Gasteiger partial charge in [-0.15, -0.1) is 0 Å². The molecule has 0 unspecified atom stereocenters. The van der Waals surface area contributed by atoms with Crippen LogP contribution in [0.5, 0.6) is 11.5 Å². The van der Waals surface area contributed by atoms with Crippen LogP contribution >= 0.6 is 0 Å². The van der Waals surface area contributed by atoms with Gasteiger partial charge in [-0.2, -0.15) is 0 Å². The number of rotatable bonds is 6. The lowest BCUT2D eigenvalue weighted by atomic mass is 10.1. The van der Waals surface area contributed by atoms with E-state index in [9.17, 15) is 14.9 Å². The van der Waals surface area contributed by atoms with Gasteiger partial charge < -0.3 is 14.2 Å². The summed E-state index contributed by atoms with van der Waals surface area (Å²) < 4.78 is 15.7. The van der Waals surface area contributed by atoms with E-state index in [0.717, 1.165) is 0 Å². The third kappa shape index (κ3) is 3.79. The van der Waals surface area contributed by atoms with Crippen LogP contribution in [0.25, 0.3) is 6.08 Å². The van der Waals surface area contributed by atoms with Crippen LogP contribution in [0.1, 0.15) is 18.1 Å². The van der Waals surface area contributed by atoms with Crippen LogP contribution in [0.4, 0.5) is 5.69 Å². The summed E-state index contributed by atoms with van der Waals surface area (Å²) >= 11 is 0. The molecule has 0 N–H and O–H groups in total. The number of aliphatic imine (C=N–C) groups is 1. The van der Waals surface area contributed by atoms with Crippen molar-refractivity contribution in [2.45, 2.75) is 6.92 Å². The van der Waals surface area contributed by atoms with Gasteiger partial charge in [0.2, 0.25) is 5.90 Å². The highest BCUT2D eigenvalue weighted by molar-refractivity contribution is 6.13. The molecule has 1 heterocycles.